The molecule has 1 saturated heterocycles. The smallest absolute Gasteiger partial charge is 0.194 e. The van der Waals surface area contributed by atoms with Gasteiger partial charge in [-0.15, -0.1) is 10.2 Å². The number of aromatic nitrogens is 3. The molecule has 2 aromatic rings. The van der Waals surface area contributed by atoms with E-state index in [0.717, 1.165) is 62.3 Å². The first-order chi connectivity index (χ1) is 12.8. The van der Waals surface area contributed by atoms with Crippen LogP contribution in [0.5, 0.6) is 5.75 Å². The summed E-state index contributed by atoms with van der Waals surface area (Å²) in [6.45, 7) is 3.57. The van der Waals surface area contributed by atoms with Gasteiger partial charge in [0, 0.05) is 45.9 Å². The number of hydrogen-bond donors (Lipinski definition) is 1. The van der Waals surface area contributed by atoms with Gasteiger partial charge < -0.3 is 19.5 Å². The van der Waals surface area contributed by atoms with Crippen LogP contribution in [0.3, 0.4) is 0 Å². The third-order valence-electron chi connectivity index (χ3n) is 5.09. The number of nitrogens with zero attached hydrogens (tertiary/aromatic N) is 5. The van der Waals surface area contributed by atoms with Crippen molar-refractivity contribution in [3.8, 4) is 5.75 Å². The van der Waals surface area contributed by atoms with Crippen molar-refractivity contribution in [2.45, 2.75) is 44.9 Å². The Balaban J connectivity index is 1.28. The van der Waals surface area contributed by atoms with Gasteiger partial charge in [0.1, 0.15) is 17.7 Å². The molecule has 4 rings (SSSR count). The van der Waals surface area contributed by atoms with Crippen molar-refractivity contribution >= 4 is 5.96 Å². The van der Waals surface area contributed by atoms with Crippen LogP contribution >= 0.6 is 0 Å². The molecule has 0 bridgehead atoms. The van der Waals surface area contributed by atoms with Crippen LogP contribution in [-0.2, 0) is 19.5 Å². The van der Waals surface area contributed by atoms with E-state index >= 15 is 0 Å². The highest BCUT2D eigenvalue weighted by Gasteiger charge is 2.23. The molecule has 2 aliphatic rings. The summed E-state index contributed by atoms with van der Waals surface area (Å²) in [7, 11) is 1.84. The number of piperidine rings is 1. The molecule has 0 saturated carbocycles. The lowest BCUT2D eigenvalue weighted by molar-refractivity contribution is 0.129. The van der Waals surface area contributed by atoms with E-state index in [2.05, 4.69) is 30.0 Å². The number of aryl methyl sites for hydroxylation is 1. The first-order valence-electron chi connectivity index (χ1n) is 9.42. The van der Waals surface area contributed by atoms with E-state index < -0.39 is 0 Å². The first-order valence-corrected chi connectivity index (χ1v) is 9.42. The molecule has 0 amide bonds. The summed E-state index contributed by atoms with van der Waals surface area (Å²) in [5.41, 5.74) is 0. The summed E-state index contributed by atoms with van der Waals surface area (Å²) in [6, 6.07) is 10.1. The largest absolute Gasteiger partial charge is 0.490 e. The lowest BCUT2D eigenvalue weighted by atomic mass is 10.1. The van der Waals surface area contributed by atoms with E-state index in [1.165, 1.54) is 6.42 Å². The Morgan fingerprint density at radius 3 is 2.77 bits per heavy atom. The summed E-state index contributed by atoms with van der Waals surface area (Å²) in [4.78, 5) is 6.74. The van der Waals surface area contributed by atoms with Crippen LogP contribution in [0.1, 0.15) is 30.9 Å². The number of benzene rings is 1. The fourth-order valence-electron chi connectivity index (χ4n) is 3.71. The van der Waals surface area contributed by atoms with Gasteiger partial charge in [0.15, 0.2) is 11.8 Å². The highest BCUT2D eigenvalue weighted by Crippen LogP contribution is 2.19. The van der Waals surface area contributed by atoms with Gasteiger partial charge >= 0.3 is 0 Å². The van der Waals surface area contributed by atoms with Crippen molar-refractivity contribution in [2.24, 2.45) is 4.99 Å². The minimum absolute atomic E-state index is 0.270. The Labute approximate surface area is 154 Å². The quantitative estimate of drug-likeness (QED) is 0.670. The molecule has 3 heterocycles. The van der Waals surface area contributed by atoms with Gasteiger partial charge in [-0.2, -0.15) is 0 Å². The number of ether oxygens (including phenoxy) is 1. The third-order valence-corrected chi connectivity index (χ3v) is 5.09. The lowest BCUT2D eigenvalue weighted by Crippen LogP contribution is -2.47. The standard InChI is InChI=1S/C19H26N6O/c1-20-19(21-14-18-23-22-17-8-5-11-25(17)18)24-12-9-16(10-13-24)26-15-6-3-2-4-7-15/h2-4,6-7,16H,5,8-14H2,1H3,(H,20,21). The molecule has 0 atom stereocenters. The summed E-state index contributed by atoms with van der Waals surface area (Å²) in [5, 5.41) is 12.0. The Kier molecular flexibility index (Phi) is 5.04. The van der Waals surface area contributed by atoms with Crippen molar-refractivity contribution in [3.05, 3.63) is 42.0 Å². The van der Waals surface area contributed by atoms with Crippen LogP contribution in [0.25, 0.3) is 0 Å². The van der Waals surface area contributed by atoms with Crippen molar-refractivity contribution in [3.63, 3.8) is 0 Å². The van der Waals surface area contributed by atoms with Crippen molar-refractivity contribution < 1.29 is 4.74 Å². The topological polar surface area (TPSA) is 67.6 Å². The minimum atomic E-state index is 0.270. The molecule has 0 aliphatic carbocycles. The van der Waals surface area contributed by atoms with E-state index in [9.17, 15) is 0 Å². The molecule has 138 valence electrons. The fourth-order valence-corrected chi connectivity index (χ4v) is 3.71. The van der Waals surface area contributed by atoms with Crippen LogP contribution in [0, 0.1) is 0 Å². The highest BCUT2D eigenvalue weighted by molar-refractivity contribution is 5.79. The Bertz CT molecular complexity index is 749. The summed E-state index contributed by atoms with van der Waals surface area (Å²) >= 11 is 0. The van der Waals surface area contributed by atoms with Gasteiger partial charge in [-0.3, -0.25) is 4.99 Å². The SMILES string of the molecule is CN=C(NCc1nnc2n1CCC2)N1CCC(Oc2ccccc2)CC1. The molecule has 1 aromatic carbocycles. The average Bonchev–Trinajstić information content (AvgIpc) is 3.29. The van der Waals surface area contributed by atoms with Crippen molar-refractivity contribution in [1.82, 2.24) is 25.0 Å². The number of rotatable bonds is 4. The van der Waals surface area contributed by atoms with Crippen LogP contribution < -0.4 is 10.1 Å². The molecule has 2 aliphatic heterocycles. The summed E-state index contributed by atoms with van der Waals surface area (Å²) in [6.07, 6.45) is 4.47. The third kappa shape index (κ3) is 3.66. The van der Waals surface area contributed by atoms with Crippen LogP contribution in [0.15, 0.2) is 35.3 Å². The molecule has 0 spiro atoms. The van der Waals surface area contributed by atoms with E-state index in [1.807, 2.05) is 37.4 Å². The lowest BCUT2D eigenvalue weighted by Gasteiger charge is -2.34. The number of para-hydroxylation sites is 1. The average molecular weight is 354 g/mol. The first kappa shape index (κ1) is 16.9. The Morgan fingerprint density at radius 2 is 2.00 bits per heavy atom. The monoisotopic (exact) mass is 354 g/mol. The minimum Gasteiger partial charge on any atom is -0.490 e. The predicted molar refractivity (Wildman–Crippen MR) is 100 cm³/mol. The summed E-state index contributed by atoms with van der Waals surface area (Å²) in [5.74, 6) is 3.99. The number of fused-ring (bicyclic) bond motifs is 1. The van der Waals surface area contributed by atoms with Gasteiger partial charge in [-0.25, -0.2) is 0 Å². The van der Waals surface area contributed by atoms with Crippen molar-refractivity contribution in [1.29, 1.82) is 0 Å². The van der Waals surface area contributed by atoms with Gasteiger partial charge in [0.05, 0.1) is 6.54 Å². The summed E-state index contributed by atoms with van der Waals surface area (Å²) < 4.78 is 8.30. The van der Waals surface area contributed by atoms with E-state index in [1.54, 1.807) is 0 Å². The Morgan fingerprint density at radius 1 is 1.19 bits per heavy atom. The van der Waals surface area contributed by atoms with E-state index in [0.29, 0.717) is 6.54 Å². The zero-order valence-corrected chi connectivity index (χ0v) is 15.3. The molecule has 1 fully saturated rings. The molecule has 26 heavy (non-hydrogen) atoms. The number of likely N-dealkylation sites (tertiary alicyclic amines) is 1. The number of hydrogen-bond acceptors (Lipinski definition) is 4. The maximum absolute atomic E-state index is 6.08. The number of guanidine groups is 1. The molecule has 7 nitrogen and oxygen atoms in total. The number of nitrogens with one attached hydrogen (secondary N) is 1. The maximum atomic E-state index is 6.08. The Hall–Kier alpha value is -2.57. The van der Waals surface area contributed by atoms with Gasteiger partial charge in [-0.1, -0.05) is 18.2 Å². The molecular formula is C19H26N6O. The zero-order valence-electron chi connectivity index (χ0n) is 15.3. The molecule has 0 unspecified atom stereocenters. The van der Waals surface area contributed by atoms with Gasteiger partial charge in [0.25, 0.3) is 0 Å². The second-order valence-electron chi connectivity index (χ2n) is 6.81. The second kappa shape index (κ2) is 7.76. The van der Waals surface area contributed by atoms with Crippen LogP contribution in [0.2, 0.25) is 0 Å². The van der Waals surface area contributed by atoms with E-state index in [-0.39, 0.29) is 6.10 Å². The molecule has 1 N–H and O–H groups in total. The molecule has 7 heteroatoms. The van der Waals surface area contributed by atoms with Crippen LogP contribution in [-0.4, -0.2) is 51.9 Å². The van der Waals surface area contributed by atoms with Gasteiger partial charge in [-0.05, 0) is 18.6 Å². The zero-order chi connectivity index (χ0) is 17.8. The number of aliphatic imine (C=N–C) groups is 1. The van der Waals surface area contributed by atoms with Crippen LogP contribution in [0.4, 0.5) is 0 Å². The molecule has 0 radical (unpaired) electrons. The normalized spacial score (nSPS) is 18.0. The second-order valence-corrected chi connectivity index (χ2v) is 6.81. The fraction of sp³-hybridized carbons (Fsp3) is 0.526. The molecule has 1 aromatic heterocycles. The van der Waals surface area contributed by atoms with Crippen molar-refractivity contribution in [2.75, 3.05) is 20.1 Å². The maximum Gasteiger partial charge on any atom is 0.194 e. The molecular weight excluding hydrogens is 328 g/mol. The highest BCUT2D eigenvalue weighted by atomic mass is 16.5. The van der Waals surface area contributed by atoms with E-state index in [4.69, 9.17) is 4.74 Å². The van der Waals surface area contributed by atoms with Gasteiger partial charge in [0.2, 0.25) is 0 Å². The predicted octanol–water partition coefficient (Wildman–Crippen LogP) is 1.84.